The molecule has 1 aromatic carbocycles. The van der Waals surface area contributed by atoms with Crippen molar-refractivity contribution in [1.82, 2.24) is 19.8 Å². The fraction of sp³-hybridized carbons (Fsp3) is 0.556. The Morgan fingerprint density at radius 1 is 1.11 bits per heavy atom. The van der Waals surface area contributed by atoms with Crippen molar-refractivity contribution >= 4 is 22.0 Å². The van der Waals surface area contributed by atoms with E-state index in [-0.39, 0.29) is 0 Å². The zero-order valence-corrected chi connectivity index (χ0v) is 17.1. The maximum Gasteiger partial charge on any atom is 0.321 e. The summed E-state index contributed by atoms with van der Waals surface area (Å²) in [6.07, 6.45) is 0. The van der Waals surface area contributed by atoms with Gasteiger partial charge in [0.25, 0.3) is 0 Å². The summed E-state index contributed by atoms with van der Waals surface area (Å²) in [5.74, 6) is -0.397. The zero-order valence-electron chi connectivity index (χ0n) is 16.3. The molecule has 0 aromatic heterocycles. The predicted molar refractivity (Wildman–Crippen MR) is 103 cm³/mol. The van der Waals surface area contributed by atoms with E-state index in [4.69, 9.17) is 0 Å². The van der Waals surface area contributed by atoms with E-state index < -0.39 is 28.0 Å². The number of aryl methyl sites for hydroxylation is 2. The van der Waals surface area contributed by atoms with Crippen molar-refractivity contribution in [2.75, 3.05) is 32.7 Å². The Kier molecular flexibility index (Phi) is 6.96. The van der Waals surface area contributed by atoms with Gasteiger partial charge in [-0.2, -0.15) is 4.31 Å². The normalized spacial score (nSPS) is 17.3. The summed E-state index contributed by atoms with van der Waals surface area (Å²) in [5.41, 5.74) is 1.98. The minimum atomic E-state index is -3.56. The molecule has 1 aliphatic heterocycles. The third-order valence-corrected chi connectivity index (χ3v) is 6.79. The summed E-state index contributed by atoms with van der Waals surface area (Å²) in [5, 5.41) is 4.81. The second-order valence-corrected chi connectivity index (χ2v) is 8.65. The van der Waals surface area contributed by atoms with Gasteiger partial charge in [-0.15, -0.1) is 0 Å². The monoisotopic (exact) mass is 396 g/mol. The highest BCUT2D eigenvalue weighted by Gasteiger charge is 2.32. The van der Waals surface area contributed by atoms with Gasteiger partial charge in [0, 0.05) is 32.7 Å². The van der Waals surface area contributed by atoms with Crippen molar-refractivity contribution in [3.8, 4) is 0 Å². The van der Waals surface area contributed by atoms with Crippen LogP contribution in [0.4, 0.5) is 4.79 Å². The Labute approximate surface area is 161 Å². The molecule has 1 atom stereocenters. The third-order valence-electron chi connectivity index (χ3n) is 4.89. The number of nitrogens with one attached hydrogen (secondary N) is 2. The Morgan fingerprint density at radius 2 is 1.74 bits per heavy atom. The van der Waals surface area contributed by atoms with Gasteiger partial charge in [-0.3, -0.25) is 15.0 Å². The number of hydrogen-bond donors (Lipinski definition) is 2. The molecule has 1 fully saturated rings. The van der Waals surface area contributed by atoms with Crippen LogP contribution in [0, 0.1) is 13.8 Å². The number of rotatable bonds is 5. The van der Waals surface area contributed by atoms with Crippen molar-refractivity contribution in [3.05, 3.63) is 29.3 Å². The van der Waals surface area contributed by atoms with Crippen LogP contribution in [-0.2, 0) is 14.8 Å². The first kappa shape index (κ1) is 21.3. The van der Waals surface area contributed by atoms with Gasteiger partial charge in [-0.25, -0.2) is 13.2 Å². The maximum absolute atomic E-state index is 12.9. The first-order valence-electron chi connectivity index (χ1n) is 9.07. The van der Waals surface area contributed by atoms with Crippen LogP contribution in [0.3, 0.4) is 0 Å². The molecule has 0 aliphatic carbocycles. The zero-order chi connectivity index (χ0) is 20.2. The molecule has 3 amide bonds. The molecule has 1 saturated heterocycles. The van der Waals surface area contributed by atoms with E-state index >= 15 is 0 Å². The van der Waals surface area contributed by atoms with Gasteiger partial charge in [0.15, 0.2) is 0 Å². The number of urea groups is 1. The van der Waals surface area contributed by atoms with E-state index in [0.717, 1.165) is 11.1 Å². The fourth-order valence-corrected chi connectivity index (χ4v) is 4.45. The lowest BCUT2D eigenvalue weighted by atomic mass is 10.1. The van der Waals surface area contributed by atoms with E-state index in [1.165, 1.54) is 4.31 Å². The second kappa shape index (κ2) is 8.81. The largest absolute Gasteiger partial charge is 0.338 e. The summed E-state index contributed by atoms with van der Waals surface area (Å²) < 4.78 is 27.2. The molecule has 0 spiro atoms. The van der Waals surface area contributed by atoms with Gasteiger partial charge in [-0.05, 0) is 51.0 Å². The molecular weight excluding hydrogens is 368 g/mol. The van der Waals surface area contributed by atoms with Crippen LogP contribution >= 0.6 is 0 Å². The standard InChI is InChI=1S/C18H28N4O4S/c1-5-19-18(24)20-17(23)15(4)21-8-10-22(11-9-21)27(25,26)16-7-6-13(2)14(3)12-16/h6-7,12,15H,5,8-11H2,1-4H3,(H2,19,20,23,24). The molecule has 2 rings (SSSR count). The first-order chi connectivity index (χ1) is 12.7. The summed E-state index contributed by atoms with van der Waals surface area (Å²) in [7, 11) is -3.56. The van der Waals surface area contributed by atoms with E-state index in [1.54, 1.807) is 26.0 Å². The van der Waals surface area contributed by atoms with Gasteiger partial charge in [-0.1, -0.05) is 6.07 Å². The molecular formula is C18H28N4O4S. The lowest BCUT2D eigenvalue weighted by Gasteiger charge is -2.36. The molecule has 1 aliphatic rings. The van der Waals surface area contributed by atoms with Crippen LogP contribution in [0.2, 0.25) is 0 Å². The lowest BCUT2D eigenvalue weighted by Crippen LogP contribution is -2.56. The summed E-state index contributed by atoms with van der Waals surface area (Å²) in [6, 6.07) is 4.10. The Bertz CT molecular complexity index is 802. The van der Waals surface area contributed by atoms with Crippen molar-refractivity contribution in [3.63, 3.8) is 0 Å². The fourth-order valence-electron chi connectivity index (χ4n) is 2.94. The number of imide groups is 1. The molecule has 0 radical (unpaired) electrons. The smallest absolute Gasteiger partial charge is 0.321 e. The van der Waals surface area contributed by atoms with E-state index in [2.05, 4.69) is 10.6 Å². The molecule has 8 nitrogen and oxygen atoms in total. The van der Waals surface area contributed by atoms with Crippen molar-refractivity contribution in [2.24, 2.45) is 0 Å². The quantitative estimate of drug-likeness (QED) is 0.769. The molecule has 0 bridgehead atoms. The van der Waals surface area contributed by atoms with Crippen molar-refractivity contribution < 1.29 is 18.0 Å². The Hall–Kier alpha value is -1.97. The predicted octanol–water partition coefficient (Wildman–Crippen LogP) is 0.844. The van der Waals surface area contributed by atoms with Crippen LogP contribution in [0.5, 0.6) is 0 Å². The van der Waals surface area contributed by atoms with Crippen molar-refractivity contribution in [1.29, 1.82) is 0 Å². The van der Waals surface area contributed by atoms with E-state index in [0.29, 0.717) is 37.6 Å². The highest BCUT2D eigenvalue weighted by Crippen LogP contribution is 2.21. The van der Waals surface area contributed by atoms with Crippen LogP contribution in [0.25, 0.3) is 0 Å². The number of amides is 3. The molecule has 150 valence electrons. The number of hydrogen-bond acceptors (Lipinski definition) is 5. The van der Waals surface area contributed by atoms with Crippen molar-refractivity contribution in [2.45, 2.75) is 38.6 Å². The van der Waals surface area contributed by atoms with Crippen LogP contribution in [-0.4, -0.2) is 68.3 Å². The van der Waals surface area contributed by atoms with Gasteiger partial charge in [0.05, 0.1) is 10.9 Å². The molecule has 1 aromatic rings. The van der Waals surface area contributed by atoms with Gasteiger partial charge in [0.1, 0.15) is 0 Å². The number of sulfonamides is 1. The maximum atomic E-state index is 12.9. The van der Waals surface area contributed by atoms with Gasteiger partial charge < -0.3 is 5.32 Å². The highest BCUT2D eigenvalue weighted by molar-refractivity contribution is 7.89. The number of carbonyl (C=O) groups is 2. The van der Waals surface area contributed by atoms with Crippen LogP contribution in [0.1, 0.15) is 25.0 Å². The lowest BCUT2D eigenvalue weighted by molar-refractivity contribution is -0.125. The third kappa shape index (κ3) is 5.06. The average Bonchev–Trinajstić information content (AvgIpc) is 2.63. The average molecular weight is 397 g/mol. The number of nitrogens with zero attached hydrogens (tertiary/aromatic N) is 2. The summed E-state index contributed by atoms with van der Waals surface area (Å²) >= 11 is 0. The summed E-state index contributed by atoms with van der Waals surface area (Å²) in [6.45, 7) is 9.19. The molecule has 9 heteroatoms. The van der Waals surface area contributed by atoms with Gasteiger partial charge in [0.2, 0.25) is 15.9 Å². The van der Waals surface area contributed by atoms with Gasteiger partial charge >= 0.3 is 6.03 Å². The van der Waals surface area contributed by atoms with Crippen LogP contribution < -0.4 is 10.6 Å². The van der Waals surface area contributed by atoms with Crippen LogP contribution in [0.15, 0.2) is 23.1 Å². The molecule has 27 heavy (non-hydrogen) atoms. The molecule has 0 saturated carbocycles. The Morgan fingerprint density at radius 3 is 2.30 bits per heavy atom. The second-order valence-electron chi connectivity index (χ2n) is 6.71. The highest BCUT2D eigenvalue weighted by atomic mass is 32.2. The molecule has 2 N–H and O–H groups in total. The minimum absolute atomic E-state index is 0.293. The topological polar surface area (TPSA) is 98.8 Å². The molecule has 1 unspecified atom stereocenters. The number of benzene rings is 1. The van der Waals surface area contributed by atoms with E-state index in [9.17, 15) is 18.0 Å². The van der Waals surface area contributed by atoms with E-state index in [1.807, 2.05) is 24.8 Å². The SMILES string of the molecule is CCNC(=O)NC(=O)C(C)N1CCN(S(=O)(=O)c2ccc(C)c(C)c2)CC1. The minimum Gasteiger partial charge on any atom is -0.338 e. The number of carbonyl (C=O) groups excluding carboxylic acids is 2. The molecule has 1 heterocycles. The first-order valence-corrected chi connectivity index (χ1v) is 10.5. The number of piperazine rings is 1. The summed E-state index contributed by atoms with van der Waals surface area (Å²) in [4.78, 5) is 25.8. The Balaban J connectivity index is 1.98.